The molecule has 0 amide bonds. The minimum absolute atomic E-state index is 0.0900. The molecule has 0 saturated heterocycles. The first kappa shape index (κ1) is 13.1. The van der Waals surface area contributed by atoms with Gasteiger partial charge in [-0.15, -0.1) is 0 Å². The summed E-state index contributed by atoms with van der Waals surface area (Å²) in [6.07, 6.45) is 2.11. The SMILES string of the molecule is NC1CCC(O)(C(=O)OCc2ccccc2)CC1. The Morgan fingerprint density at radius 1 is 1.33 bits per heavy atom. The van der Waals surface area contributed by atoms with Crippen molar-refractivity contribution >= 4 is 5.97 Å². The minimum atomic E-state index is -1.34. The van der Waals surface area contributed by atoms with Gasteiger partial charge >= 0.3 is 5.97 Å². The van der Waals surface area contributed by atoms with Crippen LogP contribution in [0.4, 0.5) is 0 Å². The lowest BCUT2D eigenvalue weighted by atomic mass is 9.82. The molecule has 1 aliphatic carbocycles. The highest BCUT2D eigenvalue weighted by Gasteiger charge is 2.40. The van der Waals surface area contributed by atoms with Crippen molar-refractivity contribution in [2.45, 2.75) is 43.9 Å². The fourth-order valence-corrected chi connectivity index (χ4v) is 2.18. The molecule has 0 bridgehead atoms. The quantitative estimate of drug-likeness (QED) is 0.793. The van der Waals surface area contributed by atoms with Crippen LogP contribution < -0.4 is 5.73 Å². The van der Waals surface area contributed by atoms with E-state index in [-0.39, 0.29) is 12.6 Å². The van der Waals surface area contributed by atoms with Gasteiger partial charge in [-0.3, -0.25) is 0 Å². The summed E-state index contributed by atoms with van der Waals surface area (Å²) >= 11 is 0. The van der Waals surface area contributed by atoms with E-state index >= 15 is 0 Å². The highest BCUT2D eigenvalue weighted by Crippen LogP contribution is 2.28. The van der Waals surface area contributed by atoms with Crippen LogP contribution >= 0.6 is 0 Å². The molecule has 2 rings (SSSR count). The van der Waals surface area contributed by atoms with Crippen molar-refractivity contribution in [1.82, 2.24) is 0 Å². The summed E-state index contributed by atoms with van der Waals surface area (Å²) < 4.78 is 5.18. The molecule has 0 unspecified atom stereocenters. The van der Waals surface area contributed by atoms with Crippen LogP contribution in [0.15, 0.2) is 30.3 Å². The highest BCUT2D eigenvalue weighted by atomic mass is 16.5. The van der Waals surface area contributed by atoms with Crippen molar-refractivity contribution < 1.29 is 14.6 Å². The fraction of sp³-hybridized carbons (Fsp3) is 0.500. The molecule has 1 aliphatic rings. The first-order valence-electron chi connectivity index (χ1n) is 6.29. The molecule has 1 aromatic carbocycles. The number of rotatable bonds is 3. The second-order valence-corrected chi connectivity index (χ2v) is 4.93. The Hall–Kier alpha value is -1.39. The van der Waals surface area contributed by atoms with E-state index < -0.39 is 11.6 Å². The van der Waals surface area contributed by atoms with Gasteiger partial charge in [-0.2, -0.15) is 0 Å². The van der Waals surface area contributed by atoms with Gasteiger partial charge in [0.15, 0.2) is 5.60 Å². The zero-order chi connectivity index (χ0) is 13.0. The lowest BCUT2D eigenvalue weighted by molar-refractivity contribution is -0.170. The molecule has 1 aromatic rings. The topological polar surface area (TPSA) is 72.5 Å². The second kappa shape index (κ2) is 5.50. The van der Waals surface area contributed by atoms with Crippen molar-refractivity contribution in [2.24, 2.45) is 5.73 Å². The summed E-state index contributed by atoms with van der Waals surface area (Å²) in [5.41, 5.74) is 5.33. The summed E-state index contributed by atoms with van der Waals surface area (Å²) in [6, 6.07) is 9.53. The monoisotopic (exact) mass is 249 g/mol. The lowest BCUT2D eigenvalue weighted by Gasteiger charge is -2.32. The molecular weight excluding hydrogens is 230 g/mol. The molecule has 3 N–H and O–H groups in total. The third-order valence-corrected chi connectivity index (χ3v) is 3.45. The van der Waals surface area contributed by atoms with E-state index in [9.17, 15) is 9.90 Å². The number of benzene rings is 1. The van der Waals surface area contributed by atoms with Crippen LogP contribution in [0.3, 0.4) is 0 Å². The lowest BCUT2D eigenvalue weighted by Crippen LogP contribution is -2.45. The van der Waals surface area contributed by atoms with Crippen LogP contribution in [-0.4, -0.2) is 22.7 Å². The molecule has 0 atom stereocenters. The van der Waals surface area contributed by atoms with E-state index in [1.807, 2.05) is 30.3 Å². The largest absolute Gasteiger partial charge is 0.459 e. The average Bonchev–Trinajstić information content (AvgIpc) is 2.41. The van der Waals surface area contributed by atoms with E-state index in [1.54, 1.807) is 0 Å². The molecule has 1 fully saturated rings. The molecule has 4 nitrogen and oxygen atoms in total. The maximum atomic E-state index is 11.9. The zero-order valence-corrected chi connectivity index (χ0v) is 10.3. The Morgan fingerprint density at radius 2 is 1.94 bits per heavy atom. The Bertz CT molecular complexity index is 397. The highest BCUT2D eigenvalue weighted by molar-refractivity contribution is 5.79. The van der Waals surface area contributed by atoms with Gasteiger partial charge in [0.1, 0.15) is 6.61 Å². The number of hydrogen-bond acceptors (Lipinski definition) is 4. The van der Waals surface area contributed by atoms with Crippen molar-refractivity contribution in [3.8, 4) is 0 Å². The van der Waals surface area contributed by atoms with E-state index in [2.05, 4.69) is 0 Å². The summed E-state index contributed by atoms with van der Waals surface area (Å²) in [4.78, 5) is 11.9. The molecule has 1 saturated carbocycles. The minimum Gasteiger partial charge on any atom is -0.459 e. The summed E-state index contributed by atoms with van der Waals surface area (Å²) in [5, 5.41) is 10.2. The third-order valence-electron chi connectivity index (χ3n) is 3.45. The van der Waals surface area contributed by atoms with Crippen molar-refractivity contribution in [2.75, 3.05) is 0 Å². The van der Waals surface area contributed by atoms with Crippen LogP contribution in [0.5, 0.6) is 0 Å². The molecule has 0 aliphatic heterocycles. The Balaban J connectivity index is 1.88. The Labute approximate surface area is 107 Å². The Kier molecular flexibility index (Phi) is 3.99. The van der Waals surface area contributed by atoms with Gasteiger partial charge in [-0.1, -0.05) is 30.3 Å². The van der Waals surface area contributed by atoms with Crippen LogP contribution in [0, 0.1) is 0 Å². The number of nitrogens with two attached hydrogens (primary N) is 1. The van der Waals surface area contributed by atoms with Crippen molar-refractivity contribution in [1.29, 1.82) is 0 Å². The summed E-state index contributed by atoms with van der Waals surface area (Å²) in [5.74, 6) is -0.529. The molecule has 0 spiro atoms. The van der Waals surface area contributed by atoms with E-state index in [0.29, 0.717) is 25.7 Å². The number of aliphatic hydroxyl groups is 1. The van der Waals surface area contributed by atoms with Crippen LogP contribution in [0.25, 0.3) is 0 Å². The molecule has 0 aromatic heterocycles. The van der Waals surface area contributed by atoms with Gasteiger partial charge in [-0.05, 0) is 31.2 Å². The smallest absolute Gasteiger partial charge is 0.338 e. The maximum Gasteiger partial charge on any atom is 0.338 e. The average molecular weight is 249 g/mol. The first-order valence-corrected chi connectivity index (χ1v) is 6.29. The van der Waals surface area contributed by atoms with Gasteiger partial charge < -0.3 is 15.6 Å². The predicted octanol–water partition coefficient (Wildman–Crippen LogP) is 1.36. The van der Waals surface area contributed by atoms with Crippen LogP contribution in [0.1, 0.15) is 31.2 Å². The number of carbonyl (C=O) groups excluding carboxylic acids is 1. The third kappa shape index (κ3) is 3.09. The van der Waals surface area contributed by atoms with Gasteiger partial charge in [0.05, 0.1) is 0 Å². The normalized spacial score (nSPS) is 27.8. The second-order valence-electron chi connectivity index (χ2n) is 4.93. The predicted molar refractivity (Wildman–Crippen MR) is 67.6 cm³/mol. The number of esters is 1. The van der Waals surface area contributed by atoms with Crippen molar-refractivity contribution in [3.05, 3.63) is 35.9 Å². The molecule has 18 heavy (non-hydrogen) atoms. The molecule has 4 heteroatoms. The van der Waals surface area contributed by atoms with Crippen LogP contribution in [-0.2, 0) is 16.1 Å². The standard InChI is InChI=1S/C14H19NO3/c15-12-6-8-14(17,9-7-12)13(16)18-10-11-4-2-1-3-5-11/h1-5,12,17H,6-10,15H2. The zero-order valence-electron chi connectivity index (χ0n) is 10.3. The molecule has 0 heterocycles. The first-order chi connectivity index (χ1) is 8.60. The number of carbonyl (C=O) groups is 1. The van der Waals surface area contributed by atoms with Crippen molar-refractivity contribution in [3.63, 3.8) is 0 Å². The van der Waals surface area contributed by atoms with Gasteiger partial charge in [0, 0.05) is 6.04 Å². The van der Waals surface area contributed by atoms with Gasteiger partial charge in [-0.25, -0.2) is 4.79 Å². The molecular formula is C14H19NO3. The maximum absolute atomic E-state index is 11.9. The Morgan fingerprint density at radius 3 is 2.56 bits per heavy atom. The fourth-order valence-electron chi connectivity index (χ4n) is 2.18. The van der Waals surface area contributed by atoms with Crippen LogP contribution in [0.2, 0.25) is 0 Å². The van der Waals surface area contributed by atoms with E-state index in [4.69, 9.17) is 10.5 Å². The van der Waals surface area contributed by atoms with E-state index in [0.717, 1.165) is 5.56 Å². The van der Waals surface area contributed by atoms with Gasteiger partial charge in [0.2, 0.25) is 0 Å². The number of ether oxygens (including phenoxy) is 1. The summed E-state index contributed by atoms with van der Waals surface area (Å²) in [6.45, 7) is 0.202. The summed E-state index contributed by atoms with van der Waals surface area (Å²) in [7, 11) is 0. The molecule has 0 radical (unpaired) electrons. The van der Waals surface area contributed by atoms with Gasteiger partial charge in [0.25, 0.3) is 0 Å². The number of hydrogen-bond donors (Lipinski definition) is 2. The molecule has 98 valence electrons. The van der Waals surface area contributed by atoms with E-state index in [1.165, 1.54) is 0 Å².